The van der Waals surface area contributed by atoms with Gasteiger partial charge in [-0.2, -0.15) is 0 Å². The van der Waals surface area contributed by atoms with Crippen molar-refractivity contribution in [3.8, 4) is 0 Å². The van der Waals surface area contributed by atoms with E-state index in [9.17, 15) is 9.59 Å². The number of anilines is 2. The Labute approximate surface area is 137 Å². The van der Waals surface area contributed by atoms with Crippen molar-refractivity contribution in [1.82, 2.24) is 4.98 Å². The summed E-state index contributed by atoms with van der Waals surface area (Å²) < 4.78 is 5.49. The number of fused-ring (bicyclic) bond motifs is 1. The van der Waals surface area contributed by atoms with Crippen molar-refractivity contribution < 1.29 is 14.0 Å². The summed E-state index contributed by atoms with van der Waals surface area (Å²) >= 11 is 0. The van der Waals surface area contributed by atoms with Crippen molar-refractivity contribution in [3.05, 3.63) is 60.5 Å². The van der Waals surface area contributed by atoms with E-state index in [2.05, 4.69) is 15.6 Å². The predicted molar refractivity (Wildman–Crippen MR) is 91.3 cm³/mol. The highest BCUT2D eigenvalue weighted by Crippen LogP contribution is 2.16. The van der Waals surface area contributed by atoms with E-state index in [4.69, 9.17) is 10.2 Å². The highest BCUT2D eigenvalue weighted by molar-refractivity contribution is 6.02. The maximum Gasteiger partial charge on any atom is 0.316 e. The monoisotopic (exact) mass is 322 g/mol. The van der Waals surface area contributed by atoms with Crippen LogP contribution in [-0.2, 0) is 4.79 Å². The Morgan fingerprint density at radius 2 is 1.79 bits per heavy atom. The number of primary amides is 1. The molecule has 24 heavy (non-hydrogen) atoms. The molecule has 3 rings (SSSR count). The molecule has 0 radical (unpaired) electrons. The molecule has 4 N–H and O–H groups in total. The van der Waals surface area contributed by atoms with E-state index < -0.39 is 6.03 Å². The molecule has 0 aliphatic rings. The van der Waals surface area contributed by atoms with Crippen LogP contribution in [0.3, 0.4) is 0 Å². The van der Waals surface area contributed by atoms with Gasteiger partial charge in [0, 0.05) is 23.5 Å². The van der Waals surface area contributed by atoms with Crippen LogP contribution in [0, 0.1) is 0 Å². The number of nitrogens with zero attached hydrogens (tertiary/aromatic N) is 1. The molecule has 0 saturated carbocycles. The summed E-state index contributed by atoms with van der Waals surface area (Å²) in [6.07, 6.45) is 2.81. The van der Waals surface area contributed by atoms with Crippen LogP contribution in [0.5, 0.6) is 0 Å². The second-order valence-corrected chi connectivity index (χ2v) is 4.91. The lowest BCUT2D eigenvalue weighted by atomic mass is 10.2. The van der Waals surface area contributed by atoms with Gasteiger partial charge >= 0.3 is 6.03 Å². The van der Waals surface area contributed by atoms with Crippen molar-refractivity contribution in [3.63, 3.8) is 0 Å². The summed E-state index contributed by atoms with van der Waals surface area (Å²) in [4.78, 5) is 27.0. The highest BCUT2D eigenvalue weighted by Gasteiger charge is 2.04. The van der Waals surface area contributed by atoms with Gasteiger partial charge in [0.1, 0.15) is 5.52 Å². The third-order valence-corrected chi connectivity index (χ3v) is 3.09. The average molecular weight is 322 g/mol. The molecule has 3 aromatic rings. The number of para-hydroxylation sites is 2. The number of rotatable bonds is 4. The van der Waals surface area contributed by atoms with E-state index in [1.807, 2.05) is 18.2 Å². The Kier molecular flexibility index (Phi) is 4.24. The van der Waals surface area contributed by atoms with Crippen LogP contribution in [0.4, 0.5) is 16.2 Å². The fraction of sp³-hybridized carbons (Fsp3) is 0. The summed E-state index contributed by atoms with van der Waals surface area (Å²) in [5.74, 6) is -0.0102. The molecule has 7 heteroatoms. The van der Waals surface area contributed by atoms with Crippen LogP contribution in [0.1, 0.15) is 5.89 Å². The van der Waals surface area contributed by atoms with Crippen molar-refractivity contribution in [1.29, 1.82) is 0 Å². The Balaban J connectivity index is 1.67. The molecule has 1 aromatic heterocycles. The number of amides is 3. The molecule has 0 atom stereocenters. The number of nitrogens with two attached hydrogens (primary N) is 1. The highest BCUT2D eigenvalue weighted by atomic mass is 16.3. The van der Waals surface area contributed by atoms with Gasteiger partial charge in [0.25, 0.3) is 0 Å². The van der Waals surface area contributed by atoms with Gasteiger partial charge < -0.3 is 20.8 Å². The molecule has 0 aliphatic carbocycles. The van der Waals surface area contributed by atoms with Crippen molar-refractivity contribution >= 4 is 40.5 Å². The van der Waals surface area contributed by atoms with Gasteiger partial charge in [-0.15, -0.1) is 0 Å². The lowest BCUT2D eigenvalue weighted by molar-refractivity contribution is -0.111. The number of aromatic nitrogens is 1. The number of oxazole rings is 1. The molecule has 0 saturated heterocycles. The summed E-state index contributed by atoms with van der Waals surface area (Å²) in [7, 11) is 0. The van der Waals surface area contributed by atoms with Gasteiger partial charge in [-0.05, 0) is 30.3 Å². The normalized spacial score (nSPS) is 10.8. The second-order valence-electron chi connectivity index (χ2n) is 4.91. The first kappa shape index (κ1) is 15.3. The first-order valence-corrected chi connectivity index (χ1v) is 7.11. The Morgan fingerprint density at radius 1 is 1.04 bits per heavy atom. The Bertz CT molecular complexity index is 897. The fourth-order valence-corrected chi connectivity index (χ4v) is 2.11. The minimum Gasteiger partial charge on any atom is -0.437 e. The molecule has 0 fully saturated rings. The minimum absolute atomic E-state index is 0.343. The van der Waals surface area contributed by atoms with E-state index in [1.54, 1.807) is 30.3 Å². The van der Waals surface area contributed by atoms with Crippen molar-refractivity contribution in [2.75, 3.05) is 10.6 Å². The van der Waals surface area contributed by atoms with E-state index in [-0.39, 0.29) is 5.91 Å². The van der Waals surface area contributed by atoms with Crippen molar-refractivity contribution in [2.24, 2.45) is 5.73 Å². The number of hydrogen-bond acceptors (Lipinski definition) is 4. The van der Waals surface area contributed by atoms with E-state index in [0.717, 1.165) is 5.52 Å². The molecule has 3 amide bonds. The Morgan fingerprint density at radius 3 is 2.54 bits per heavy atom. The maximum atomic E-state index is 12.0. The quantitative estimate of drug-likeness (QED) is 0.641. The summed E-state index contributed by atoms with van der Waals surface area (Å²) in [5, 5.41) is 5.11. The number of hydrogen-bond donors (Lipinski definition) is 3. The standard InChI is InChI=1S/C17H14N4O3/c18-17(23)20-12-5-3-4-11(10-12)19-15(22)8-9-16-21-13-6-1-2-7-14(13)24-16/h1-10H,(H,19,22)(H3,18,20,23)/b9-8+. The van der Waals surface area contributed by atoms with Crippen LogP contribution < -0.4 is 16.4 Å². The van der Waals surface area contributed by atoms with E-state index >= 15 is 0 Å². The largest absolute Gasteiger partial charge is 0.437 e. The first-order valence-electron chi connectivity index (χ1n) is 7.11. The fourth-order valence-electron chi connectivity index (χ4n) is 2.11. The number of carbonyl (C=O) groups is 2. The summed E-state index contributed by atoms with van der Waals surface area (Å²) in [6.45, 7) is 0. The molecular formula is C17H14N4O3. The maximum absolute atomic E-state index is 12.0. The van der Waals surface area contributed by atoms with E-state index in [1.165, 1.54) is 12.2 Å². The molecule has 0 bridgehead atoms. The SMILES string of the molecule is NC(=O)Nc1cccc(NC(=O)/C=C/c2nc3ccccc3o2)c1. The van der Waals surface area contributed by atoms with Gasteiger partial charge in [0.05, 0.1) is 0 Å². The van der Waals surface area contributed by atoms with Crippen LogP contribution in [0.15, 0.2) is 59.0 Å². The zero-order chi connectivity index (χ0) is 16.9. The molecule has 1 heterocycles. The smallest absolute Gasteiger partial charge is 0.316 e. The summed E-state index contributed by atoms with van der Waals surface area (Å²) in [5.41, 5.74) is 7.44. The number of benzene rings is 2. The number of carbonyl (C=O) groups excluding carboxylic acids is 2. The zero-order valence-corrected chi connectivity index (χ0v) is 12.5. The minimum atomic E-state index is -0.672. The number of nitrogens with one attached hydrogen (secondary N) is 2. The third kappa shape index (κ3) is 3.77. The van der Waals surface area contributed by atoms with Crippen LogP contribution >= 0.6 is 0 Å². The lowest BCUT2D eigenvalue weighted by Crippen LogP contribution is -2.19. The Hall–Kier alpha value is -3.61. The zero-order valence-electron chi connectivity index (χ0n) is 12.5. The molecule has 0 unspecified atom stereocenters. The molecule has 2 aromatic carbocycles. The molecule has 7 nitrogen and oxygen atoms in total. The predicted octanol–water partition coefficient (Wildman–Crippen LogP) is 2.97. The summed E-state index contributed by atoms with van der Waals surface area (Å²) in [6, 6.07) is 13.3. The topological polar surface area (TPSA) is 110 Å². The van der Waals surface area contributed by atoms with Gasteiger partial charge in [-0.25, -0.2) is 9.78 Å². The van der Waals surface area contributed by atoms with Gasteiger partial charge in [-0.1, -0.05) is 18.2 Å². The lowest BCUT2D eigenvalue weighted by Gasteiger charge is -2.05. The van der Waals surface area contributed by atoms with Crippen molar-refractivity contribution in [2.45, 2.75) is 0 Å². The van der Waals surface area contributed by atoms with Gasteiger partial charge in [0.15, 0.2) is 5.58 Å². The molecule has 120 valence electrons. The van der Waals surface area contributed by atoms with Crippen LogP contribution in [0.25, 0.3) is 17.2 Å². The van der Waals surface area contributed by atoms with Crippen LogP contribution in [-0.4, -0.2) is 16.9 Å². The second kappa shape index (κ2) is 6.66. The average Bonchev–Trinajstić information content (AvgIpc) is 2.95. The molecule has 0 spiro atoms. The first-order chi connectivity index (χ1) is 11.6. The van der Waals surface area contributed by atoms with Crippen LogP contribution in [0.2, 0.25) is 0 Å². The van der Waals surface area contributed by atoms with Gasteiger partial charge in [-0.3, -0.25) is 4.79 Å². The van der Waals surface area contributed by atoms with Gasteiger partial charge in [0.2, 0.25) is 11.8 Å². The molecular weight excluding hydrogens is 308 g/mol. The van der Waals surface area contributed by atoms with E-state index in [0.29, 0.717) is 22.8 Å². The number of urea groups is 1. The molecule has 0 aliphatic heterocycles. The third-order valence-electron chi connectivity index (χ3n) is 3.09.